The first-order chi connectivity index (χ1) is 11.0. The second kappa shape index (κ2) is 6.42. The van der Waals surface area contributed by atoms with Crippen LogP contribution in [0.4, 0.5) is 11.4 Å². The van der Waals surface area contributed by atoms with Crippen LogP contribution in [-0.2, 0) is 9.59 Å². The summed E-state index contributed by atoms with van der Waals surface area (Å²) in [7, 11) is 0. The first-order valence-electron chi connectivity index (χ1n) is 7.46. The predicted molar refractivity (Wildman–Crippen MR) is 91.7 cm³/mol. The molecule has 1 N–H and O–H groups in total. The van der Waals surface area contributed by atoms with Gasteiger partial charge in [0.15, 0.2) is 0 Å². The van der Waals surface area contributed by atoms with Gasteiger partial charge >= 0.3 is 0 Å². The Morgan fingerprint density at radius 1 is 1.22 bits per heavy atom. The molecule has 5 heteroatoms. The fraction of sp³-hybridized carbons (Fsp3) is 0.222. The minimum atomic E-state index is -0.359. The molecule has 2 aromatic rings. The molecule has 3 rings (SSSR count). The maximum atomic E-state index is 12.4. The van der Waals surface area contributed by atoms with Gasteiger partial charge in [0, 0.05) is 29.4 Å². The average molecular weight is 329 g/mol. The van der Waals surface area contributed by atoms with Gasteiger partial charge in [-0.05, 0) is 37.3 Å². The molecule has 1 fully saturated rings. The van der Waals surface area contributed by atoms with E-state index in [1.807, 2.05) is 37.3 Å². The van der Waals surface area contributed by atoms with Crippen LogP contribution in [0.25, 0.3) is 0 Å². The Balaban J connectivity index is 1.69. The number of amides is 2. The molecule has 0 bridgehead atoms. The van der Waals surface area contributed by atoms with E-state index in [0.717, 1.165) is 16.9 Å². The molecule has 1 heterocycles. The van der Waals surface area contributed by atoms with E-state index >= 15 is 0 Å². The summed E-state index contributed by atoms with van der Waals surface area (Å²) < 4.78 is 0. The van der Waals surface area contributed by atoms with Crippen LogP contribution in [0.15, 0.2) is 48.5 Å². The Hall–Kier alpha value is -2.33. The third-order valence-corrected chi connectivity index (χ3v) is 4.17. The Labute approximate surface area is 140 Å². The van der Waals surface area contributed by atoms with Gasteiger partial charge in [0.25, 0.3) is 0 Å². The minimum Gasteiger partial charge on any atom is -0.326 e. The molecule has 0 radical (unpaired) electrons. The predicted octanol–water partition coefficient (Wildman–Crippen LogP) is 3.64. The standard InChI is InChI=1S/C18H17ClN2O2/c1-12-5-7-15(8-6-12)20-18(23)13-9-17(22)21(11-13)16-4-2-3-14(19)10-16/h2-8,10,13H,9,11H2,1H3,(H,20,23). The number of aryl methyl sites for hydroxylation is 1. The lowest BCUT2D eigenvalue weighted by atomic mass is 10.1. The lowest BCUT2D eigenvalue weighted by Gasteiger charge is -2.17. The molecule has 0 spiro atoms. The molecule has 1 atom stereocenters. The molecule has 1 aliphatic heterocycles. The highest BCUT2D eigenvalue weighted by Crippen LogP contribution is 2.27. The Bertz CT molecular complexity index is 743. The second-order valence-electron chi connectivity index (χ2n) is 5.74. The fourth-order valence-electron chi connectivity index (χ4n) is 2.66. The zero-order chi connectivity index (χ0) is 16.4. The molecule has 2 amide bonds. The fourth-order valence-corrected chi connectivity index (χ4v) is 2.84. The maximum Gasteiger partial charge on any atom is 0.229 e. The van der Waals surface area contributed by atoms with Gasteiger partial charge in [0.2, 0.25) is 11.8 Å². The van der Waals surface area contributed by atoms with E-state index in [4.69, 9.17) is 11.6 Å². The van der Waals surface area contributed by atoms with E-state index in [0.29, 0.717) is 11.6 Å². The number of benzene rings is 2. The molecule has 1 saturated heterocycles. The first-order valence-corrected chi connectivity index (χ1v) is 7.84. The zero-order valence-corrected chi connectivity index (χ0v) is 13.5. The monoisotopic (exact) mass is 328 g/mol. The number of anilines is 2. The van der Waals surface area contributed by atoms with Crippen molar-refractivity contribution >= 4 is 34.8 Å². The number of carbonyl (C=O) groups is 2. The number of hydrogen-bond donors (Lipinski definition) is 1. The summed E-state index contributed by atoms with van der Waals surface area (Å²) >= 11 is 5.97. The third kappa shape index (κ3) is 3.54. The Morgan fingerprint density at radius 3 is 2.65 bits per heavy atom. The highest BCUT2D eigenvalue weighted by molar-refractivity contribution is 6.31. The van der Waals surface area contributed by atoms with Crippen molar-refractivity contribution in [3.63, 3.8) is 0 Å². The van der Waals surface area contributed by atoms with Crippen molar-refractivity contribution in [3.05, 3.63) is 59.1 Å². The van der Waals surface area contributed by atoms with Gasteiger partial charge in [-0.2, -0.15) is 0 Å². The molecular weight excluding hydrogens is 312 g/mol. The average Bonchev–Trinajstić information content (AvgIpc) is 2.92. The van der Waals surface area contributed by atoms with Crippen molar-refractivity contribution in [1.82, 2.24) is 0 Å². The Kier molecular flexibility index (Phi) is 4.35. The van der Waals surface area contributed by atoms with Gasteiger partial charge in [0.1, 0.15) is 0 Å². The van der Waals surface area contributed by atoms with Crippen LogP contribution in [0.5, 0.6) is 0 Å². The van der Waals surface area contributed by atoms with Crippen molar-refractivity contribution in [1.29, 1.82) is 0 Å². The molecule has 4 nitrogen and oxygen atoms in total. The van der Waals surface area contributed by atoms with E-state index in [9.17, 15) is 9.59 Å². The van der Waals surface area contributed by atoms with E-state index in [1.54, 1.807) is 23.1 Å². The smallest absolute Gasteiger partial charge is 0.229 e. The summed E-state index contributed by atoms with van der Waals surface area (Å²) in [5.41, 5.74) is 2.61. The highest BCUT2D eigenvalue weighted by atomic mass is 35.5. The van der Waals surface area contributed by atoms with E-state index in [-0.39, 0.29) is 24.2 Å². The number of carbonyl (C=O) groups excluding carboxylic acids is 2. The Morgan fingerprint density at radius 2 is 1.96 bits per heavy atom. The maximum absolute atomic E-state index is 12.4. The van der Waals surface area contributed by atoms with E-state index in [2.05, 4.69) is 5.32 Å². The summed E-state index contributed by atoms with van der Waals surface area (Å²) in [6, 6.07) is 14.7. The molecule has 0 saturated carbocycles. The topological polar surface area (TPSA) is 49.4 Å². The van der Waals surface area contributed by atoms with Crippen LogP contribution in [0.2, 0.25) is 5.02 Å². The van der Waals surface area contributed by atoms with Crippen LogP contribution < -0.4 is 10.2 Å². The van der Waals surface area contributed by atoms with Crippen molar-refractivity contribution < 1.29 is 9.59 Å². The zero-order valence-electron chi connectivity index (χ0n) is 12.8. The van der Waals surface area contributed by atoms with Crippen LogP contribution in [0, 0.1) is 12.8 Å². The third-order valence-electron chi connectivity index (χ3n) is 3.93. The normalized spacial score (nSPS) is 17.4. The van der Waals surface area contributed by atoms with Gasteiger partial charge in [-0.25, -0.2) is 0 Å². The first kappa shape index (κ1) is 15.6. The van der Waals surface area contributed by atoms with Gasteiger partial charge < -0.3 is 10.2 Å². The van der Waals surface area contributed by atoms with Gasteiger partial charge in [0.05, 0.1) is 5.92 Å². The lowest BCUT2D eigenvalue weighted by molar-refractivity contribution is -0.122. The van der Waals surface area contributed by atoms with Gasteiger partial charge in [-0.15, -0.1) is 0 Å². The summed E-state index contributed by atoms with van der Waals surface area (Å²) in [4.78, 5) is 26.2. The number of halogens is 1. The van der Waals surface area contributed by atoms with Crippen LogP contribution in [0.3, 0.4) is 0 Å². The number of rotatable bonds is 3. The molecule has 118 valence electrons. The molecule has 0 aliphatic carbocycles. The van der Waals surface area contributed by atoms with Gasteiger partial charge in [-0.1, -0.05) is 35.4 Å². The summed E-state index contributed by atoms with van der Waals surface area (Å²) in [5.74, 6) is -0.550. The number of nitrogens with zero attached hydrogens (tertiary/aromatic N) is 1. The van der Waals surface area contributed by atoms with Crippen LogP contribution in [-0.4, -0.2) is 18.4 Å². The molecule has 2 aromatic carbocycles. The summed E-state index contributed by atoms with van der Waals surface area (Å²) in [6.07, 6.45) is 0.213. The molecule has 1 aliphatic rings. The minimum absolute atomic E-state index is 0.0590. The molecule has 0 aromatic heterocycles. The second-order valence-corrected chi connectivity index (χ2v) is 6.18. The quantitative estimate of drug-likeness (QED) is 0.935. The van der Waals surface area contributed by atoms with Crippen LogP contribution >= 0.6 is 11.6 Å². The van der Waals surface area contributed by atoms with Crippen molar-refractivity contribution in [3.8, 4) is 0 Å². The number of nitrogens with one attached hydrogen (secondary N) is 1. The summed E-state index contributed by atoms with van der Waals surface area (Å²) in [6.45, 7) is 2.36. The SMILES string of the molecule is Cc1ccc(NC(=O)C2CC(=O)N(c3cccc(Cl)c3)C2)cc1. The van der Waals surface area contributed by atoms with Crippen molar-refractivity contribution in [2.75, 3.05) is 16.8 Å². The van der Waals surface area contributed by atoms with E-state index < -0.39 is 0 Å². The highest BCUT2D eigenvalue weighted by Gasteiger charge is 2.35. The number of hydrogen-bond acceptors (Lipinski definition) is 2. The lowest BCUT2D eigenvalue weighted by Crippen LogP contribution is -2.28. The molecular formula is C18H17ClN2O2. The van der Waals surface area contributed by atoms with Crippen molar-refractivity contribution in [2.24, 2.45) is 5.92 Å². The molecule has 23 heavy (non-hydrogen) atoms. The largest absolute Gasteiger partial charge is 0.326 e. The van der Waals surface area contributed by atoms with Gasteiger partial charge in [-0.3, -0.25) is 9.59 Å². The van der Waals surface area contributed by atoms with E-state index in [1.165, 1.54) is 0 Å². The molecule has 1 unspecified atom stereocenters. The van der Waals surface area contributed by atoms with Crippen molar-refractivity contribution in [2.45, 2.75) is 13.3 Å². The van der Waals surface area contributed by atoms with Crippen LogP contribution in [0.1, 0.15) is 12.0 Å². The summed E-state index contributed by atoms with van der Waals surface area (Å²) in [5, 5.41) is 3.44.